The molecule has 3 N–H and O–H groups in total. The van der Waals surface area contributed by atoms with Crippen LogP contribution in [0.4, 0.5) is 5.69 Å². The van der Waals surface area contributed by atoms with Crippen LogP contribution in [-0.4, -0.2) is 36.5 Å². The van der Waals surface area contributed by atoms with Crippen LogP contribution in [0.5, 0.6) is 0 Å². The van der Waals surface area contributed by atoms with Gasteiger partial charge in [-0.15, -0.1) is 12.4 Å². The van der Waals surface area contributed by atoms with Gasteiger partial charge in [-0.05, 0) is 43.7 Å². The Morgan fingerprint density at radius 3 is 2.74 bits per heavy atom. The van der Waals surface area contributed by atoms with Crippen molar-refractivity contribution >= 4 is 39.9 Å². The van der Waals surface area contributed by atoms with Crippen molar-refractivity contribution in [2.75, 3.05) is 25.0 Å². The number of benzene rings is 1. The molecule has 0 unspecified atom stereocenters. The molecule has 1 heterocycles. The Bertz CT molecular complexity index is 413. The number of nitrogens with zero attached hydrogens (tertiary/aromatic N) is 1. The summed E-state index contributed by atoms with van der Waals surface area (Å²) in [5.41, 5.74) is 6.72. The standard InChI is InChI=1S/C13H18BrN3O.ClH/c14-10-3-5-12(6-4-10)16-13(18)9-17-7-1-2-11(15)8-17;/h3-6,11H,1-2,7-9,15H2,(H,16,18);1H/t11-;/m1./s1. The zero-order valence-electron chi connectivity index (χ0n) is 10.6. The molecule has 6 heteroatoms. The number of carbonyl (C=O) groups is 1. The average molecular weight is 349 g/mol. The number of nitrogens with two attached hydrogens (primary N) is 1. The van der Waals surface area contributed by atoms with E-state index in [9.17, 15) is 4.79 Å². The second-order valence-corrected chi connectivity index (χ2v) is 5.61. The highest BCUT2D eigenvalue weighted by molar-refractivity contribution is 9.10. The molecule has 4 nitrogen and oxygen atoms in total. The van der Waals surface area contributed by atoms with Gasteiger partial charge >= 0.3 is 0 Å². The van der Waals surface area contributed by atoms with Crippen LogP contribution < -0.4 is 11.1 Å². The van der Waals surface area contributed by atoms with Gasteiger partial charge in [-0.1, -0.05) is 15.9 Å². The Morgan fingerprint density at radius 1 is 1.42 bits per heavy atom. The minimum atomic E-state index is 0. The summed E-state index contributed by atoms with van der Waals surface area (Å²) in [7, 11) is 0. The molecule has 0 aliphatic carbocycles. The monoisotopic (exact) mass is 347 g/mol. The third-order valence-electron chi connectivity index (χ3n) is 3.04. The quantitative estimate of drug-likeness (QED) is 0.880. The molecule has 1 amide bonds. The molecule has 1 fully saturated rings. The first kappa shape index (κ1) is 16.4. The first-order valence-electron chi connectivity index (χ1n) is 6.17. The number of carbonyl (C=O) groups excluding carboxylic acids is 1. The molecule has 19 heavy (non-hydrogen) atoms. The summed E-state index contributed by atoms with van der Waals surface area (Å²) in [6.45, 7) is 2.19. The predicted octanol–water partition coefficient (Wildman–Crippen LogP) is 2.23. The molecule has 1 atom stereocenters. The first-order valence-corrected chi connectivity index (χ1v) is 6.96. The molecule has 1 aromatic rings. The van der Waals surface area contributed by atoms with E-state index in [1.54, 1.807) is 0 Å². The smallest absolute Gasteiger partial charge is 0.238 e. The van der Waals surface area contributed by atoms with E-state index in [1.165, 1.54) is 0 Å². The zero-order valence-corrected chi connectivity index (χ0v) is 13.0. The normalized spacial score (nSPS) is 19.6. The van der Waals surface area contributed by atoms with Gasteiger partial charge in [-0.25, -0.2) is 0 Å². The highest BCUT2D eigenvalue weighted by Gasteiger charge is 2.18. The molecule has 1 aliphatic rings. The lowest BCUT2D eigenvalue weighted by Crippen LogP contribution is -2.45. The number of amides is 1. The van der Waals surface area contributed by atoms with Crippen molar-refractivity contribution in [1.82, 2.24) is 4.90 Å². The number of hydrogen-bond donors (Lipinski definition) is 2. The fraction of sp³-hybridized carbons (Fsp3) is 0.462. The van der Waals surface area contributed by atoms with Crippen molar-refractivity contribution in [3.63, 3.8) is 0 Å². The van der Waals surface area contributed by atoms with E-state index in [-0.39, 0.29) is 24.4 Å². The van der Waals surface area contributed by atoms with Crippen LogP contribution in [0, 0.1) is 0 Å². The number of likely N-dealkylation sites (tertiary alicyclic amines) is 1. The fourth-order valence-electron chi connectivity index (χ4n) is 2.17. The summed E-state index contributed by atoms with van der Waals surface area (Å²) in [5, 5.41) is 2.89. The van der Waals surface area contributed by atoms with E-state index in [0.717, 1.165) is 36.1 Å². The van der Waals surface area contributed by atoms with Crippen LogP contribution in [0.15, 0.2) is 28.7 Å². The second-order valence-electron chi connectivity index (χ2n) is 4.69. The number of hydrogen-bond acceptors (Lipinski definition) is 3. The van der Waals surface area contributed by atoms with Gasteiger partial charge in [-0.2, -0.15) is 0 Å². The summed E-state index contributed by atoms with van der Waals surface area (Å²) < 4.78 is 1.00. The Labute approximate surface area is 128 Å². The predicted molar refractivity (Wildman–Crippen MR) is 83.7 cm³/mol. The summed E-state index contributed by atoms with van der Waals surface area (Å²) in [4.78, 5) is 14.0. The van der Waals surface area contributed by atoms with Crippen molar-refractivity contribution in [2.24, 2.45) is 5.73 Å². The summed E-state index contributed by atoms with van der Waals surface area (Å²) in [6.07, 6.45) is 2.14. The molecule has 0 bridgehead atoms. The third-order valence-corrected chi connectivity index (χ3v) is 3.57. The van der Waals surface area contributed by atoms with Crippen molar-refractivity contribution in [3.8, 4) is 0 Å². The van der Waals surface area contributed by atoms with Crippen LogP contribution in [0.3, 0.4) is 0 Å². The summed E-state index contributed by atoms with van der Waals surface area (Å²) in [6, 6.07) is 7.78. The van der Waals surface area contributed by atoms with Gasteiger partial charge in [0.15, 0.2) is 0 Å². The number of rotatable bonds is 3. The Kier molecular flexibility index (Phi) is 6.79. The van der Waals surface area contributed by atoms with Crippen LogP contribution in [-0.2, 0) is 4.79 Å². The molecule has 0 radical (unpaired) electrons. The average Bonchev–Trinajstić information content (AvgIpc) is 2.32. The van der Waals surface area contributed by atoms with E-state index in [1.807, 2.05) is 24.3 Å². The van der Waals surface area contributed by atoms with Crippen molar-refractivity contribution in [3.05, 3.63) is 28.7 Å². The van der Waals surface area contributed by atoms with Gasteiger partial charge in [-0.3, -0.25) is 9.69 Å². The number of piperidine rings is 1. The summed E-state index contributed by atoms with van der Waals surface area (Å²) in [5.74, 6) is 0.0198. The summed E-state index contributed by atoms with van der Waals surface area (Å²) >= 11 is 3.36. The number of anilines is 1. The maximum Gasteiger partial charge on any atom is 0.238 e. The molecule has 0 spiro atoms. The van der Waals surface area contributed by atoms with Gasteiger partial charge in [0.05, 0.1) is 6.54 Å². The van der Waals surface area contributed by atoms with E-state index in [0.29, 0.717) is 6.54 Å². The number of nitrogens with one attached hydrogen (secondary N) is 1. The second kappa shape index (κ2) is 7.85. The fourth-order valence-corrected chi connectivity index (χ4v) is 2.44. The van der Waals surface area contributed by atoms with Crippen LogP contribution in [0.1, 0.15) is 12.8 Å². The van der Waals surface area contributed by atoms with Gasteiger partial charge < -0.3 is 11.1 Å². The van der Waals surface area contributed by atoms with E-state index >= 15 is 0 Å². The largest absolute Gasteiger partial charge is 0.327 e. The van der Waals surface area contributed by atoms with Crippen LogP contribution >= 0.6 is 28.3 Å². The maximum atomic E-state index is 11.9. The van der Waals surface area contributed by atoms with Crippen molar-refractivity contribution in [1.29, 1.82) is 0 Å². The molecule has 0 saturated carbocycles. The molecule has 1 saturated heterocycles. The number of halogens is 2. The minimum Gasteiger partial charge on any atom is -0.327 e. The molecular weight excluding hydrogens is 330 g/mol. The van der Waals surface area contributed by atoms with Crippen molar-refractivity contribution < 1.29 is 4.79 Å². The van der Waals surface area contributed by atoms with E-state index in [4.69, 9.17) is 5.73 Å². The Hall–Kier alpha value is -0.620. The van der Waals surface area contributed by atoms with Crippen LogP contribution in [0.25, 0.3) is 0 Å². The first-order chi connectivity index (χ1) is 8.63. The third kappa shape index (κ3) is 5.48. The maximum absolute atomic E-state index is 11.9. The Balaban J connectivity index is 0.00000180. The SMILES string of the molecule is Cl.N[C@@H]1CCCN(CC(=O)Nc2ccc(Br)cc2)C1. The molecule has 1 aromatic carbocycles. The lowest BCUT2D eigenvalue weighted by Gasteiger charge is -2.29. The molecule has 106 valence electrons. The lowest BCUT2D eigenvalue weighted by molar-refractivity contribution is -0.117. The highest BCUT2D eigenvalue weighted by Crippen LogP contribution is 2.14. The van der Waals surface area contributed by atoms with E-state index < -0.39 is 0 Å². The Morgan fingerprint density at radius 2 is 2.11 bits per heavy atom. The molecule has 1 aliphatic heterocycles. The highest BCUT2D eigenvalue weighted by atomic mass is 79.9. The van der Waals surface area contributed by atoms with Gasteiger partial charge in [0.25, 0.3) is 0 Å². The van der Waals surface area contributed by atoms with Gasteiger partial charge in [0, 0.05) is 22.7 Å². The van der Waals surface area contributed by atoms with Gasteiger partial charge in [0.2, 0.25) is 5.91 Å². The van der Waals surface area contributed by atoms with E-state index in [2.05, 4.69) is 26.1 Å². The molecular formula is C13H19BrClN3O. The zero-order chi connectivity index (χ0) is 13.0. The van der Waals surface area contributed by atoms with Crippen LogP contribution in [0.2, 0.25) is 0 Å². The minimum absolute atomic E-state index is 0. The van der Waals surface area contributed by atoms with Gasteiger partial charge in [0.1, 0.15) is 0 Å². The van der Waals surface area contributed by atoms with Crippen molar-refractivity contribution in [2.45, 2.75) is 18.9 Å². The molecule has 0 aromatic heterocycles. The lowest BCUT2D eigenvalue weighted by atomic mass is 10.1. The molecule has 2 rings (SSSR count). The topological polar surface area (TPSA) is 58.4 Å².